The maximum atomic E-state index is 11.5. The molecule has 2 heterocycles. The van der Waals surface area contributed by atoms with Gasteiger partial charge in [0.15, 0.2) is 0 Å². The minimum absolute atomic E-state index is 0.0164. The van der Waals surface area contributed by atoms with Crippen LogP contribution in [0.25, 0.3) is 0 Å². The predicted octanol–water partition coefficient (Wildman–Crippen LogP) is 2.29. The fourth-order valence-electron chi connectivity index (χ4n) is 3.31. The Morgan fingerprint density at radius 3 is 2.16 bits per heavy atom. The van der Waals surface area contributed by atoms with Crippen LogP contribution in [0.1, 0.15) is 31.9 Å². The number of nitrogens with zero attached hydrogens (tertiary/aromatic N) is 3. The van der Waals surface area contributed by atoms with E-state index in [9.17, 15) is 4.79 Å². The number of aromatic nitrogens is 2. The average Bonchev–Trinajstić information content (AvgIpc) is 2.99. The van der Waals surface area contributed by atoms with Gasteiger partial charge in [-0.05, 0) is 16.5 Å². The van der Waals surface area contributed by atoms with E-state index in [2.05, 4.69) is 59.8 Å². The van der Waals surface area contributed by atoms with Crippen LogP contribution in [0.5, 0.6) is 0 Å². The summed E-state index contributed by atoms with van der Waals surface area (Å²) in [4.78, 5) is 19.2. The summed E-state index contributed by atoms with van der Waals surface area (Å²) in [5, 5.41) is 0. The molecule has 0 bridgehead atoms. The van der Waals surface area contributed by atoms with Crippen molar-refractivity contribution in [2.24, 2.45) is 0 Å². The second-order valence-corrected chi connectivity index (χ2v) is 8.02. The van der Waals surface area contributed by atoms with Gasteiger partial charge in [-0.25, -0.2) is 4.79 Å². The molecule has 2 aromatic rings. The number of imidazole rings is 1. The van der Waals surface area contributed by atoms with E-state index in [-0.39, 0.29) is 11.1 Å². The first kappa shape index (κ1) is 18.0. The SMILES string of the molecule is CC(C)(C)c1ccc(CN2CCN(CCn3cc[nH]c3=O)CC2)cc1. The molecule has 0 aliphatic carbocycles. The molecule has 1 aliphatic rings. The Hall–Kier alpha value is -1.85. The lowest BCUT2D eigenvalue weighted by molar-refractivity contribution is 0.124. The van der Waals surface area contributed by atoms with Gasteiger partial charge in [0.2, 0.25) is 0 Å². The summed E-state index contributed by atoms with van der Waals surface area (Å²) in [7, 11) is 0. The maximum Gasteiger partial charge on any atom is 0.325 e. The second-order valence-electron chi connectivity index (χ2n) is 8.02. The molecule has 0 unspecified atom stereocenters. The van der Waals surface area contributed by atoms with Crippen molar-refractivity contribution in [1.29, 1.82) is 0 Å². The van der Waals surface area contributed by atoms with E-state index in [0.717, 1.165) is 45.8 Å². The molecule has 1 fully saturated rings. The highest BCUT2D eigenvalue weighted by Gasteiger charge is 2.18. The molecule has 0 saturated carbocycles. The van der Waals surface area contributed by atoms with Crippen LogP contribution >= 0.6 is 0 Å². The molecule has 1 saturated heterocycles. The molecule has 5 nitrogen and oxygen atoms in total. The van der Waals surface area contributed by atoms with Gasteiger partial charge < -0.3 is 4.98 Å². The normalized spacial score (nSPS) is 17.1. The van der Waals surface area contributed by atoms with Gasteiger partial charge in [0, 0.05) is 58.2 Å². The lowest BCUT2D eigenvalue weighted by Gasteiger charge is -2.34. The Labute approximate surface area is 150 Å². The number of hydrogen-bond acceptors (Lipinski definition) is 3. The highest BCUT2D eigenvalue weighted by atomic mass is 16.1. The van der Waals surface area contributed by atoms with Crippen LogP contribution in [0.4, 0.5) is 0 Å². The first-order valence-electron chi connectivity index (χ1n) is 9.20. The van der Waals surface area contributed by atoms with Gasteiger partial charge in [0.25, 0.3) is 0 Å². The van der Waals surface area contributed by atoms with Gasteiger partial charge in [0.05, 0.1) is 0 Å². The van der Waals surface area contributed by atoms with Crippen LogP contribution in [0.3, 0.4) is 0 Å². The summed E-state index contributed by atoms with van der Waals surface area (Å²) in [5.41, 5.74) is 2.98. The van der Waals surface area contributed by atoms with Crippen molar-refractivity contribution < 1.29 is 0 Å². The van der Waals surface area contributed by atoms with Gasteiger partial charge in [-0.15, -0.1) is 0 Å². The first-order chi connectivity index (χ1) is 11.9. The molecule has 5 heteroatoms. The topological polar surface area (TPSA) is 44.3 Å². The second kappa shape index (κ2) is 7.58. The summed E-state index contributed by atoms with van der Waals surface area (Å²) < 4.78 is 1.74. The summed E-state index contributed by atoms with van der Waals surface area (Å²) in [6.45, 7) is 13.8. The Bertz CT molecular complexity index is 715. The van der Waals surface area contributed by atoms with E-state index in [4.69, 9.17) is 0 Å². The molecule has 3 rings (SSSR count). The summed E-state index contributed by atoms with van der Waals surface area (Å²) in [6, 6.07) is 9.07. The quantitative estimate of drug-likeness (QED) is 0.907. The Morgan fingerprint density at radius 1 is 0.960 bits per heavy atom. The first-order valence-corrected chi connectivity index (χ1v) is 9.20. The molecule has 0 amide bonds. The van der Waals surface area contributed by atoms with Gasteiger partial charge >= 0.3 is 5.69 Å². The zero-order valence-electron chi connectivity index (χ0n) is 15.7. The lowest BCUT2D eigenvalue weighted by atomic mass is 9.87. The van der Waals surface area contributed by atoms with Gasteiger partial charge in [0.1, 0.15) is 0 Å². The fraction of sp³-hybridized carbons (Fsp3) is 0.550. The average molecular weight is 342 g/mol. The van der Waals surface area contributed by atoms with Crippen molar-refractivity contribution in [3.8, 4) is 0 Å². The van der Waals surface area contributed by atoms with Gasteiger partial charge in [-0.1, -0.05) is 45.0 Å². The molecule has 1 aromatic carbocycles. The molecule has 1 aliphatic heterocycles. The van der Waals surface area contributed by atoms with E-state index < -0.39 is 0 Å². The summed E-state index contributed by atoms with van der Waals surface area (Å²) in [5.74, 6) is 0. The fourth-order valence-corrected chi connectivity index (χ4v) is 3.31. The van der Waals surface area contributed by atoms with E-state index in [1.807, 2.05) is 6.20 Å². The van der Waals surface area contributed by atoms with Crippen LogP contribution in [0.2, 0.25) is 0 Å². The minimum Gasteiger partial charge on any atom is -0.313 e. The lowest BCUT2D eigenvalue weighted by Crippen LogP contribution is -2.47. The standard InChI is InChI=1S/C20H30N4O/c1-20(2,3)18-6-4-17(5-7-18)16-23-12-10-22(11-13-23)14-15-24-9-8-21-19(24)25/h4-9H,10-16H2,1-3H3,(H,21,25). The van der Waals surface area contributed by atoms with E-state index >= 15 is 0 Å². The molecule has 0 atom stereocenters. The predicted molar refractivity (Wildman–Crippen MR) is 102 cm³/mol. The maximum absolute atomic E-state index is 11.5. The number of piperazine rings is 1. The van der Waals surface area contributed by atoms with Crippen LogP contribution in [-0.2, 0) is 18.5 Å². The Balaban J connectivity index is 1.44. The van der Waals surface area contributed by atoms with Crippen molar-refractivity contribution in [1.82, 2.24) is 19.4 Å². The minimum atomic E-state index is -0.0164. The number of aromatic amines is 1. The van der Waals surface area contributed by atoms with Crippen molar-refractivity contribution >= 4 is 0 Å². The van der Waals surface area contributed by atoms with E-state index in [1.54, 1.807) is 10.8 Å². The van der Waals surface area contributed by atoms with Gasteiger partial charge in [-0.2, -0.15) is 0 Å². The molecule has 25 heavy (non-hydrogen) atoms. The van der Waals surface area contributed by atoms with Crippen molar-refractivity contribution in [2.75, 3.05) is 32.7 Å². The molecule has 1 N–H and O–H groups in total. The molecule has 136 valence electrons. The van der Waals surface area contributed by atoms with Crippen molar-refractivity contribution in [2.45, 2.75) is 39.3 Å². The largest absolute Gasteiger partial charge is 0.325 e. The number of rotatable bonds is 5. The van der Waals surface area contributed by atoms with Crippen LogP contribution in [0, 0.1) is 0 Å². The zero-order chi connectivity index (χ0) is 17.9. The number of hydrogen-bond donors (Lipinski definition) is 1. The van der Waals surface area contributed by atoms with Crippen molar-refractivity contribution in [3.05, 3.63) is 58.3 Å². The van der Waals surface area contributed by atoms with Crippen molar-refractivity contribution in [3.63, 3.8) is 0 Å². The monoisotopic (exact) mass is 342 g/mol. The third-order valence-corrected chi connectivity index (χ3v) is 5.07. The molecule has 0 spiro atoms. The summed E-state index contributed by atoms with van der Waals surface area (Å²) >= 11 is 0. The van der Waals surface area contributed by atoms with Gasteiger partial charge in [-0.3, -0.25) is 14.4 Å². The number of H-pyrrole nitrogens is 1. The van der Waals surface area contributed by atoms with Crippen LogP contribution in [-0.4, -0.2) is 52.1 Å². The Kier molecular flexibility index (Phi) is 5.45. The Morgan fingerprint density at radius 2 is 1.60 bits per heavy atom. The van der Waals surface area contributed by atoms with Crippen LogP contribution < -0.4 is 5.69 Å². The zero-order valence-corrected chi connectivity index (χ0v) is 15.7. The van der Waals surface area contributed by atoms with Crippen LogP contribution in [0.15, 0.2) is 41.5 Å². The van der Waals surface area contributed by atoms with E-state index in [1.165, 1.54) is 11.1 Å². The number of benzene rings is 1. The molecule has 0 radical (unpaired) electrons. The molecular weight excluding hydrogens is 312 g/mol. The third kappa shape index (κ3) is 4.83. The molecular formula is C20H30N4O. The number of nitrogens with one attached hydrogen (secondary N) is 1. The van der Waals surface area contributed by atoms with E-state index in [0.29, 0.717) is 0 Å². The highest BCUT2D eigenvalue weighted by Crippen LogP contribution is 2.22. The highest BCUT2D eigenvalue weighted by molar-refractivity contribution is 5.27. The third-order valence-electron chi connectivity index (χ3n) is 5.07. The smallest absolute Gasteiger partial charge is 0.313 e. The summed E-state index contributed by atoms with van der Waals surface area (Å²) in [6.07, 6.45) is 3.52. The molecule has 1 aromatic heterocycles.